The average Bonchev–Trinajstić information content (AvgIpc) is 3.20. The highest BCUT2D eigenvalue weighted by Crippen LogP contribution is 2.30. The van der Waals surface area contributed by atoms with Crippen LogP contribution in [0.5, 0.6) is 0 Å². The molecule has 0 aromatic heterocycles. The van der Waals surface area contributed by atoms with Crippen molar-refractivity contribution in [1.82, 2.24) is 5.32 Å². The number of anilines is 1. The Morgan fingerprint density at radius 2 is 1.93 bits per heavy atom. The third-order valence-electron chi connectivity index (χ3n) is 4.27. The summed E-state index contributed by atoms with van der Waals surface area (Å²) in [5, 5.41) is 5.24. The van der Waals surface area contributed by atoms with Crippen molar-refractivity contribution in [3.63, 3.8) is 0 Å². The molecule has 0 unspecified atom stereocenters. The van der Waals surface area contributed by atoms with E-state index in [1.54, 1.807) is 0 Å². The summed E-state index contributed by atoms with van der Waals surface area (Å²) in [7, 11) is 0. The van der Waals surface area contributed by atoms with Gasteiger partial charge in [-0.05, 0) is 55.3 Å². The number of nitrogens with zero attached hydrogens (tertiary/aromatic N) is 1. The van der Waals surface area contributed by atoms with E-state index in [0.717, 1.165) is 37.1 Å². The Bertz CT molecular complexity index is 876. The van der Waals surface area contributed by atoms with Crippen molar-refractivity contribution in [2.24, 2.45) is 4.99 Å². The molecule has 1 fully saturated rings. The van der Waals surface area contributed by atoms with E-state index in [1.807, 2.05) is 0 Å². The van der Waals surface area contributed by atoms with Gasteiger partial charge in [-0.25, -0.2) is 9.38 Å². The second-order valence-corrected chi connectivity index (χ2v) is 6.49. The van der Waals surface area contributed by atoms with Gasteiger partial charge in [-0.1, -0.05) is 6.07 Å². The zero-order valence-corrected chi connectivity index (χ0v) is 15.3. The summed E-state index contributed by atoms with van der Waals surface area (Å²) >= 11 is 0. The minimum Gasteiger partial charge on any atom is -0.376 e. The number of carbonyl (C=O) groups excluding carboxylic acids is 1. The molecule has 2 N–H and O–H groups in total. The van der Waals surface area contributed by atoms with Crippen LogP contribution in [0.25, 0.3) is 0 Å². The molecule has 1 amide bonds. The molecule has 2 aromatic carbocycles. The lowest BCUT2D eigenvalue weighted by Crippen LogP contribution is -2.36. The average molecular weight is 409 g/mol. The highest BCUT2D eigenvalue weighted by Gasteiger charge is 2.30. The second-order valence-electron chi connectivity index (χ2n) is 6.49. The Balaban J connectivity index is 1.78. The highest BCUT2D eigenvalue weighted by atomic mass is 19.4. The van der Waals surface area contributed by atoms with Crippen LogP contribution in [0.2, 0.25) is 0 Å². The number of guanidine groups is 1. The molecule has 1 atom stereocenters. The molecule has 0 saturated carbocycles. The predicted molar refractivity (Wildman–Crippen MR) is 100 cm³/mol. The SMILES string of the molecule is O=C(NC(=NC[C@H]1CCCO1)Nc1cccc(C(F)(F)F)c1)c1ccc(F)cc1. The van der Waals surface area contributed by atoms with Crippen LogP contribution in [0.4, 0.5) is 23.2 Å². The van der Waals surface area contributed by atoms with E-state index in [2.05, 4.69) is 15.6 Å². The smallest absolute Gasteiger partial charge is 0.376 e. The quantitative estimate of drug-likeness (QED) is 0.452. The van der Waals surface area contributed by atoms with Crippen molar-refractivity contribution in [3.05, 3.63) is 65.5 Å². The maximum Gasteiger partial charge on any atom is 0.416 e. The lowest BCUT2D eigenvalue weighted by Gasteiger charge is -2.15. The van der Waals surface area contributed by atoms with Crippen molar-refractivity contribution in [2.45, 2.75) is 25.1 Å². The Morgan fingerprint density at radius 1 is 1.17 bits per heavy atom. The molecular weight excluding hydrogens is 390 g/mol. The molecular formula is C20H19F4N3O2. The Morgan fingerprint density at radius 3 is 2.59 bits per heavy atom. The largest absolute Gasteiger partial charge is 0.416 e. The molecule has 1 aliphatic rings. The molecule has 29 heavy (non-hydrogen) atoms. The fraction of sp³-hybridized carbons (Fsp3) is 0.300. The van der Waals surface area contributed by atoms with Crippen LogP contribution >= 0.6 is 0 Å². The molecule has 0 radical (unpaired) electrons. The van der Waals surface area contributed by atoms with E-state index in [0.29, 0.717) is 6.61 Å². The first-order valence-corrected chi connectivity index (χ1v) is 8.98. The molecule has 1 saturated heterocycles. The molecule has 0 bridgehead atoms. The Labute approximate surface area is 164 Å². The number of amides is 1. The van der Waals surface area contributed by atoms with Crippen molar-refractivity contribution in [3.8, 4) is 0 Å². The van der Waals surface area contributed by atoms with Crippen LogP contribution in [0, 0.1) is 5.82 Å². The third-order valence-corrected chi connectivity index (χ3v) is 4.27. The van der Waals surface area contributed by atoms with Gasteiger partial charge in [-0.15, -0.1) is 0 Å². The lowest BCUT2D eigenvalue weighted by atomic mass is 10.2. The number of hydrogen-bond donors (Lipinski definition) is 2. The maximum atomic E-state index is 13.1. The van der Waals surface area contributed by atoms with Gasteiger partial charge in [0.1, 0.15) is 5.82 Å². The topological polar surface area (TPSA) is 62.7 Å². The molecule has 0 spiro atoms. The van der Waals surface area contributed by atoms with Crippen molar-refractivity contribution < 1.29 is 27.1 Å². The van der Waals surface area contributed by atoms with Gasteiger partial charge < -0.3 is 10.1 Å². The molecule has 154 valence electrons. The van der Waals surface area contributed by atoms with E-state index in [1.165, 1.54) is 24.3 Å². The zero-order chi connectivity index (χ0) is 20.9. The predicted octanol–water partition coefficient (Wildman–Crippen LogP) is 4.22. The Hall–Kier alpha value is -2.94. The minimum atomic E-state index is -4.50. The summed E-state index contributed by atoms with van der Waals surface area (Å²) in [5.74, 6) is -1.08. The highest BCUT2D eigenvalue weighted by molar-refractivity contribution is 6.09. The number of halogens is 4. The number of rotatable bonds is 4. The number of hydrogen-bond acceptors (Lipinski definition) is 3. The molecule has 1 heterocycles. The second kappa shape index (κ2) is 9.04. The summed E-state index contributed by atoms with van der Waals surface area (Å²) in [6.07, 6.45) is -2.90. The van der Waals surface area contributed by atoms with Gasteiger partial charge in [0.2, 0.25) is 5.96 Å². The van der Waals surface area contributed by atoms with E-state index in [4.69, 9.17) is 4.74 Å². The van der Waals surface area contributed by atoms with Crippen LogP contribution in [0.1, 0.15) is 28.8 Å². The number of alkyl halides is 3. The standard InChI is InChI=1S/C20H19F4N3O2/c21-15-8-6-13(7-9-15)18(28)27-19(25-12-17-5-2-10-29-17)26-16-4-1-3-14(11-16)20(22,23)24/h1,3-4,6-9,11,17H,2,5,10,12H2,(H2,25,26,27,28)/t17-/m1/s1. The monoisotopic (exact) mass is 409 g/mol. The fourth-order valence-electron chi connectivity index (χ4n) is 2.78. The number of carbonyl (C=O) groups is 1. The van der Waals surface area contributed by atoms with Crippen LogP contribution in [0.3, 0.4) is 0 Å². The van der Waals surface area contributed by atoms with Crippen molar-refractivity contribution in [1.29, 1.82) is 0 Å². The van der Waals surface area contributed by atoms with E-state index < -0.39 is 23.5 Å². The normalized spacial score (nSPS) is 17.2. The van der Waals surface area contributed by atoms with Gasteiger partial charge >= 0.3 is 6.18 Å². The molecule has 5 nitrogen and oxygen atoms in total. The lowest BCUT2D eigenvalue weighted by molar-refractivity contribution is -0.137. The van der Waals surface area contributed by atoms with Gasteiger partial charge in [0.05, 0.1) is 18.2 Å². The fourth-order valence-corrected chi connectivity index (χ4v) is 2.78. The Kier molecular flexibility index (Phi) is 6.48. The van der Waals surface area contributed by atoms with E-state index in [-0.39, 0.29) is 29.9 Å². The van der Waals surface area contributed by atoms with Crippen molar-refractivity contribution >= 4 is 17.6 Å². The first-order chi connectivity index (χ1) is 13.8. The molecule has 0 aliphatic carbocycles. The van der Waals surface area contributed by atoms with Crippen molar-refractivity contribution in [2.75, 3.05) is 18.5 Å². The first-order valence-electron chi connectivity index (χ1n) is 8.98. The van der Waals surface area contributed by atoms with Gasteiger partial charge in [0.15, 0.2) is 0 Å². The number of ether oxygens (including phenoxy) is 1. The van der Waals surface area contributed by atoms with Crippen LogP contribution in [-0.4, -0.2) is 31.1 Å². The third kappa shape index (κ3) is 6.02. The summed E-state index contributed by atoms with van der Waals surface area (Å²) in [5.41, 5.74) is -0.529. The van der Waals surface area contributed by atoms with Gasteiger partial charge in [0.25, 0.3) is 5.91 Å². The number of benzene rings is 2. The maximum absolute atomic E-state index is 13.1. The van der Waals surface area contributed by atoms with E-state index in [9.17, 15) is 22.4 Å². The molecule has 1 aliphatic heterocycles. The summed E-state index contributed by atoms with van der Waals surface area (Å²) < 4.78 is 57.4. The first kappa shape index (κ1) is 20.8. The summed E-state index contributed by atoms with van der Waals surface area (Å²) in [6.45, 7) is 0.865. The molecule has 9 heteroatoms. The van der Waals surface area contributed by atoms with Gasteiger partial charge in [-0.3, -0.25) is 10.1 Å². The number of nitrogens with one attached hydrogen (secondary N) is 2. The van der Waals surface area contributed by atoms with Crippen LogP contribution < -0.4 is 10.6 Å². The van der Waals surface area contributed by atoms with Gasteiger partial charge in [-0.2, -0.15) is 13.2 Å². The zero-order valence-electron chi connectivity index (χ0n) is 15.3. The summed E-state index contributed by atoms with van der Waals surface area (Å²) in [6, 6.07) is 9.43. The van der Waals surface area contributed by atoms with Crippen LogP contribution in [0.15, 0.2) is 53.5 Å². The summed E-state index contributed by atoms with van der Waals surface area (Å²) in [4.78, 5) is 16.7. The molecule has 2 aromatic rings. The van der Waals surface area contributed by atoms with E-state index >= 15 is 0 Å². The van der Waals surface area contributed by atoms with Crippen LogP contribution in [-0.2, 0) is 10.9 Å². The number of aliphatic imine (C=N–C) groups is 1. The molecule has 3 rings (SSSR count). The minimum absolute atomic E-state index is 0.0193. The van der Waals surface area contributed by atoms with Gasteiger partial charge in [0, 0.05) is 17.9 Å².